The van der Waals surface area contributed by atoms with Crippen molar-refractivity contribution in [2.45, 2.75) is 40.3 Å². The predicted octanol–water partition coefficient (Wildman–Crippen LogP) is 2.89. The molecule has 1 aliphatic rings. The van der Waals surface area contributed by atoms with Gasteiger partial charge < -0.3 is 24.1 Å². The first-order chi connectivity index (χ1) is 12.9. The maximum absolute atomic E-state index is 12.3. The number of nitrogens with one attached hydrogen (secondary N) is 1. The fourth-order valence-electron chi connectivity index (χ4n) is 3.29. The molecule has 144 valence electrons. The lowest BCUT2D eigenvalue weighted by Gasteiger charge is -2.13. The molecule has 7 nitrogen and oxygen atoms in total. The van der Waals surface area contributed by atoms with Crippen LogP contribution in [-0.4, -0.2) is 29.8 Å². The number of carbonyl (C=O) groups is 2. The van der Waals surface area contributed by atoms with Crippen LogP contribution in [0.15, 0.2) is 24.3 Å². The van der Waals surface area contributed by atoms with Gasteiger partial charge in [0.25, 0.3) is 5.91 Å². The number of benzene rings is 1. The van der Waals surface area contributed by atoms with Crippen LogP contribution in [0.2, 0.25) is 0 Å². The second-order valence-corrected chi connectivity index (χ2v) is 6.79. The van der Waals surface area contributed by atoms with Gasteiger partial charge >= 0.3 is 5.97 Å². The van der Waals surface area contributed by atoms with Crippen LogP contribution in [0.1, 0.15) is 47.2 Å². The number of carbonyl (C=O) groups excluding carboxylic acids is 2. The Morgan fingerprint density at radius 1 is 1.19 bits per heavy atom. The summed E-state index contributed by atoms with van der Waals surface area (Å²) < 4.78 is 17.8. The molecule has 27 heavy (non-hydrogen) atoms. The van der Waals surface area contributed by atoms with E-state index in [2.05, 4.69) is 23.7 Å². The minimum Gasteiger partial charge on any atom is -0.454 e. The molecule has 0 unspecified atom stereocenters. The molecule has 0 radical (unpaired) electrons. The third kappa shape index (κ3) is 4.07. The van der Waals surface area contributed by atoms with E-state index >= 15 is 0 Å². The number of aromatic nitrogens is 1. The lowest BCUT2D eigenvalue weighted by atomic mass is 10.2. The van der Waals surface area contributed by atoms with Crippen LogP contribution in [0.5, 0.6) is 11.5 Å². The second-order valence-electron chi connectivity index (χ2n) is 6.79. The Morgan fingerprint density at radius 2 is 1.93 bits per heavy atom. The van der Waals surface area contributed by atoms with Crippen molar-refractivity contribution in [1.29, 1.82) is 0 Å². The molecule has 1 amide bonds. The lowest BCUT2D eigenvalue weighted by Crippen LogP contribution is -2.28. The minimum atomic E-state index is -0.492. The Balaban J connectivity index is 1.52. The summed E-state index contributed by atoms with van der Waals surface area (Å²) >= 11 is 0. The van der Waals surface area contributed by atoms with Crippen LogP contribution < -0.4 is 14.8 Å². The quantitative estimate of drug-likeness (QED) is 0.789. The molecule has 1 aliphatic heterocycles. The van der Waals surface area contributed by atoms with Gasteiger partial charge in [-0.2, -0.15) is 0 Å². The number of amides is 1. The zero-order valence-electron chi connectivity index (χ0n) is 16.0. The molecule has 1 aromatic carbocycles. The largest absolute Gasteiger partial charge is 0.454 e. The summed E-state index contributed by atoms with van der Waals surface area (Å²) in [7, 11) is 0. The first kappa shape index (κ1) is 18.8. The van der Waals surface area contributed by atoms with E-state index < -0.39 is 5.97 Å². The Kier molecular flexibility index (Phi) is 5.39. The van der Waals surface area contributed by atoms with Gasteiger partial charge in [0.1, 0.15) is 0 Å². The summed E-state index contributed by atoms with van der Waals surface area (Å²) in [5.74, 6) is 0.499. The average Bonchev–Trinajstić information content (AvgIpc) is 3.21. The van der Waals surface area contributed by atoms with E-state index in [-0.39, 0.29) is 25.3 Å². The maximum Gasteiger partial charge on any atom is 0.340 e. The number of rotatable bonds is 6. The first-order valence-corrected chi connectivity index (χ1v) is 8.87. The number of aryl methyl sites for hydroxylation is 1. The van der Waals surface area contributed by atoms with E-state index in [9.17, 15) is 9.59 Å². The van der Waals surface area contributed by atoms with Crippen LogP contribution in [-0.2, 0) is 16.1 Å². The van der Waals surface area contributed by atoms with E-state index in [1.165, 1.54) is 0 Å². The molecular weight excluding hydrogens is 348 g/mol. The summed E-state index contributed by atoms with van der Waals surface area (Å²) in [6, 6.07) is 7.50. The highest BCUT2D eigenvalue weighted by molar-refractivity contribution is 5.92. The maximum atomic E-state index is 12.3. The number of ether oxygens (including phenoxy) is 3. The average molecular weight is 372 g/mol. The fourth-order valence-corrected chi connectivity index (χ4v) is 3.29. The molecule has 2 heterocycles. The van der Waals surface area contributed by atoms with E-state index in [1.54, 1.807) is 12.1 Å². The number of fused-ring (bicyclic) bond motifs is 1. The van der Waals surface area contributed by atoms with Gasteiger partial charge in [0.2, 0.25) is 6.79 Å². The van der Waals surface area contributed by atoms with E-state index in [0.29, 0.717) is 23.6 Å². The highest BCUT2D eigenvalue weighted by atomic mass is 16.7. The van der Waals surface area contributed by atoms with Gasteiger partial charge in [-0.05, 0) is 51.5 Å². The molecule has 2 aromatic rings. The molecule has 0 spiro atoms. The standard InChI is InChI=1S/C20H24N2O5/c1-12(2)22-13(3)7-16(14(22)4)20(24)25-10-19(23)21-9-15-5-6-17-18(8-15)27-11-26-17/h5-8,12H,9-11H2,1-4H3,(H,21,23). The van der Waals surface area contributed by atoms with E-state index in [1.807, 2.05) is 26.0 Å². The molecule has 0 saturated heterocycles. The van der Waals surface area contributed by atoms with Crippen LogP contribution in [0.4, 0.5) is 0 Å². The lowest BCUT2D eigenvalue weighted by molar-refractivity contribution is -0.124. The molecule has 0 aliphatic carbocycles. The number of nitrogens with zero attached hydrogens (tertiary/aromatic N) is 1. The number of hydrogen-bond donors (Lipinski definition) is 1. The smallest absolute Gasteiger partial charge is 0.340 e. The minimum absolute atomic E-state index is 0.207. The first-order valence-electron chi connectivity index (χ1n) is 8.87. The van der Waals surface area contributed by atoms with Gasteiger partial charge in [0.15, 0.2) is 18.1 Å². The fraction of sp³-hybridized carbons (Fsp3) is 0.400. The van der Waals surface area contributed by atoms with Crippen LogP contribution >= 0.6 is 0 Å². The molecule has 3 rings (SSSR count). The third-order valence-electron chi connectivity index (χ3n) is 4.48. The molecule has 1 N–H and O–H groups in total. The normalized spacial score (nSPS) is 12.3. The van der Waals surface area contributed by atoms with Gasteiger partial charge in [-0.25, -0.2) is 4.79 Å². The number of hydrogen-bond acceptors (Lipinski definition) is 5. The Bertz CT molecular complexity index is 869. The van der Waals surface area contributed by atoms with Gasteiger partial charge in [-0.3, -0.25) is 4.79 Å². The molecule has 0 fully saturated rings. The van der Waals surface area contributed by atoms with Crippen molar-refractivity contribution >= 4 is 11.9 Å². The molecule has 1 aromatic heterocycles. The Labute approximate surface area is 158 Å². The third-order valence-corrected chi connectivity index (χ3v) is 4.48. The van der Waals surface area contributed by atoms with Crippen molar-refractivity contribution in [2.75, 3.05) is 13.4 Å². The summed E-state index contributed by atoms with van der Waals surface area (Å²) in [6.07, 6.45) is 0. The Hall–Kier alpha value is -2.96. The van der Waals surface area contributed by atoms with Gasteiger partial charge in [-0.1, -0.05) is 6.07 Å². The highest BCUT2D eigenvalue weighted by Gasteiger charge is 2.19. The van der Waals surface area contributed by atoms with Crippen LogP contribution in [0.3, 0.4) is 0 Å². The number of esters is 1. The van der Waals surface area contributed by atoms with Crippen LogP contribution in [0.25, 0.3) is 0 Å². The van der Waals surface area contributed by atoms with Gasteiger partial charge in [0.05, 0.1) is 5.56 Å². The monoisotopic (exact) mass is 372 g/mol. The van der Waals surface area contributed by atoms with Crippen molar-refractivity contribution in [1.82, 2.24) is 9.88 Å². The summed E-state index contributed by atoms with van der Waals surface area (Å²) in [5, 5.41) is 2.73. The second kappa shape index (κ2) is 7.73. The molecule has 0 saturated carbocycles. The summed E-state index contributed by atoms with van der Waals surface area (Å²) in [6.45, 7) is 8.13. The molecule has 0 atom stereocenters. The zero-order valence-corrected chi connectivity index (χ0v) is 16.0. The summed E-state index contributed by atoms with van der Waals surface area (Å²) in [4.78, 5) is 24.3. The van der Waals surface area contributed by atoms with Crippen molar-refractivity contribution in [2.24, 2.45) is 0 Å². The highest BCUT2D eigenvalue weighted by Crippen LogP contribution is 2.32. The zero-order chi connectivity index (χ0) is 19.6. The van der Waals surface area contributed by atoms with Gasteiger partial charge in [-0.15, -0.1) is 0 Å². The SMILES string of the molecule is Cc1cc(C(=O)OCC(=O)NCc2ccc3c(c2)OCO3)c(C)n1C(C)C. The molecule has 0 bridgehead atoms. The van der Waals surface area contributed by atoms with Crippen LogP contribution in [0, 0.1) is 13.8 Å². The van der Waals surface area contributed by atoms with Crippen molar-refractivity contribution in [3.63, 3.8) is 0 Å². The topological polar surface area (TPSA) is 78.8 Å². The van der Waals surface area contributed by atoms with E-state index in [0.717, 1.165) is 17.0 Å². The summed E-state index contributed by atoms with van der Waals surface area (Å²) in [5.41, 5.74) is 3.19. The van der Waals surface area contributed by atoms with Gasteiger partial charge in [0, 0.05) is 24.0 Å². The van der Waals surface area contributed by atoms with Crippen molar-refractivity contribution in [3.05, 3.63) is 46.8 Å². The molecule has 7 heteroatoms. The Morgan fingerprint density at radius 3 is 2.63 bits per heavy atom. The van der Waals surface area contributed by atoms with E-state index in [4.69, 9.17) is 14.2 Å². The van der Waals surface area contributed by atoms with Crippen molar-refractivity contribution in [3.8, 4) is 11.5 Å². The predicted molar refractivity (Wildman–Crippen MR) is 99.0 cm³/mol. The van der Waals surface area contributed by atoms with Crippen molar-refractivity contribution < 1.29 is 23.8 Å². The molecular formula is C20H24N2O5.